The normalized spacial score (nSPS) is 11.2. The second kappa shape index (κ2) is 9.53. The lowest BCUT2D eigenvalue weighted by Gasteiger charge is -2.13. The van der Waals surface area contributed by atoms with E-state index >= 15 is 0 Å². The number of H-pyrrole nitrogens is 1. The Morgan fingerprint density at radius 3 is 2.74 bits per heavy atom. The minimum absolute atomic E-state index is 0.251. The summed E-state index contributed by atoms with van der Waals surface area (Å²) in [5, 5.41) is 11.5. The van der Waals surface area contributed by atoms with Crippen LogP contribution < -0.4 is 4.74 Å². The molecule has 31 heavy (non-hydrogen) atoms. The average molecular weight is 421 g/mol. The number of aryl methyl sites for hydroxylation is 1. The van der Waals surface area contributed by atoms with Gasteiger partial charge in [0, 0.05) is 11.3 Å². The van der Waals surface area contributed by atoms with Gasteiger partial charge in [-0.25, -0.2) is 4.39 Å². The van der Waals surface area contributed by atoms with Crippen molar-refractivity contribution in [2.75, 3.05) is 20.7 Å². The Labute approximate surface area is 179 Å². The van der Waals surface area contributed by atoms with Crippen molar-refractivity contribution in [2.45, 2.75) is 19.4 Å². The summed E-state index contributed by atoms with van der Waals surface area (Å²) in [4.78, 5) is 6.63. The maximum atomic E-state index is 13.1. The van der Waals surface area contributed by atoms with E-state index in [-0.39, 0.29) is 5.82 Å². The molecule has 0 amide bonds. The molecule has 0 spiro atoms. The SMILES string of the molecule is COc1ccccc1-c1noc(CN(C)CCCc2cc(-c3ccc(F)cc3)n[nH]2)n1. The predicted octanol–water partition coefficient (Wildman–Crippen LogP) is 4.34. The molecule has 2 aromatic heterocycles. The van der Waals surface area contributed by atoms with Crippen molar-refractivity contribution >= 4 is 0 Å². The van der Waals surface area contributed by atoms with Crippen LogP contribution >= 0.6 is 0 Å². The zero-order valence-electron chi connectivity index (χ0n) is 17.5. The van der Waals surface area contributed by atoms with Crippen LogP contribution in [0.4, 0.5) is 4.39 Å². The number of nitrogens with one attached hydrogen (secondary N) is 1. The molecule has 8 heteroatoms. The molecule has 0 bridgehead atoms. The minimum atomic E-state index is -0.251. The van der Waals surface area contributed by atoms with E-state index in [0.717, 1.165) is 41.9 Å². The number of hydrogen-bond donors (Lipinski definition) is 1. The quantitative estimate of drug-likeness (QED) is 0.433. The molecule has 4 aromatic rings. The van der Waals surface area contributed by atoms with Crippen LogP contribution in [-0.4, -0.2) is 45.9 Å². The molecule has 0 atom stereocenters. The molecular weight excluding hydrogens is 397 g/mol. The van der Waals surface area contributed by atoms with E-state index in [2.05, 4.69) is 25.2 Å². The van der Waals surface area contributed by atoms with Gasteiger partial charge in [0.05, 0.1) is 24.9 Å². The van der Waals surface area contributed by atoms with Gasteiger partial charge < -0.3 is 9.26 Å². The van der Waals surface area contributed by atoms with E-state index in [4.69, 9.17) is 9.26 Å². The number of aromatic amines is 1. The summed E-state index contributed by atoms with van der Waals surface area (Å²) in [6, 6.07) is 15.9. The highest BCUT2D eigenvalue weighted by Crippen LogP contribution is 2.27. The van der Waals surface area contributed by atoms with Gasteiger partial charge in [0.1, 0.15) is 11.6 Å². The summed E-state index contributed by atoms with van der Waals surface area (Å²) in [5.74, 6) is 1.54. The molecule has 0 saturated carbocycles. The molecule has 1 N–H and O–H groups in total. The number of para-hydroxylation sites is 1. The van der Waals surface area contributed by atoms with Crippen molar-refractivity contribution in [1.82, 2.24) is 25.2 Å². The van der Waals surface area contributed by atoms with Crippen LogP contribution in [0.3, 0.4) is 0 Å². The number of rotatable bonds is 9. The molecule has 0 fully saturated rings. The number of ether oxygens (including phenoxy) is 1. The van der Waals surface area contributed by atoms with Crippen LogP contribution in [0.1, 0.15) is 18.0 Å². The first-order chi connectivity index (χ1) is 15.1. The first kappa shape index (κ1) is 20.7. The van der Waals surface area contributed by atoms with Gasteiger partial charge in [0.2, 0.25) is 11.7 Å². The Bertz CT molecular complexity index is 1120. The van der Waals surface area contributed by atoms with Gasteiger partial charge in [-0.05, 0) is 68.9 Å². The van der Waals surface area contributed by atoms with Crippen LogP contribution in [-0.2, 0) is 13.0 Å². The number of methoxy groups -OCH3 is 1. The molecular formula is C23H24FN5O2. The monoisotopic (exact) mass is 421 g/mol. The minimum Gasteiger partial charge on any atom is -0.496 e. The van der Waals surface area contributed by atoms with Gasteiger partial charge in [-0.1, -0.05) is 17.3 Å². The van der Waals surface area contributed by atoms with Crippen molar-refractivity contribution in [3.8, 4) is 28.4 Å². The third-order valence-corrected chi connectivity index (χ3v) is 4.98. The number of halogens is 1. The topological polar surface area (TPSA) is 80.1 Å². The van der Waals surface area contributed by atoms with Crippen molar-refractivity contribution in [1.29, 1.82) is 0 Å². The van der Waals surface area contributed by atoms with E-state index in [9.17, 15) is 4.39 Å². The standard InChI is InChI=1S/C23H24FN5O2/c1-29(15-22-25-23(28-31-22)19-7-3-4-8-21(19)30-2)13-5-6-18-14-20(27-26-18)16-9-11-17(24)12-10-16/h3-4,7-12,14H,5-6,13,15H2,1-2H3,(H,26,27). The fourth-order valence-electron chi connectivity index (χ4n) is 3.37. The van der Waals surface area contributed by atoms with Gasteiger partial charge >= 0.3 is 0 Å². The maximum absolute atomic E-state index is 13.1. The fraction of sp³-hybridized carbons (Fsp3) is 0.261. The lowest BCUT2D eigenvalue weighted by molar-refractivity contribution is 0.264. The third kappa shape index (κ3) is 5.16. The number of benzene rings is 2. The Balaban J connectivity index is 1.28. The van der Waals surface area contributed by atoms with Gasteiger partial charge in [0.15, 0.2) is 0 Å². The number of nitrogens with zero attached hydrogens (tertiary/aromatic N) is 4. The summed E-state index contributed by atoms with van der Waals surface area (Å²) in [7, 11) is 3.64. The first-order valence-electron chi connectivity index (χ1n) is 10.1. The zero-order valence-corrected chi connectivity index (χ0v) is 17.5. The summed E-state index contributed by atoms with van der Waals surface area (Å²) in [6.45, 7) is 1.42. The molecule has 0 saturated heterocycles. The van der Waals surface area contributed by atoms with E-state index in [1.165, 1.54) is 12.1 Å². The Morgan fingerprint density at radius 2 is 1.94 bits per heavy atom. The van der Waals surface area contributed by atoms with Gasteiger partial charge in [-0.15, -0.1) is 0 Å². The summed E-state index contributed by atoms with van der Waals surface area (Å²) >= 11 is 0. The Kier molecular flexibility index (Phi) is 6.37. The van der Waals surface area contributed by atoms with E-state index in [1.54, 1.807) is 19.2 Å². The molecule has 0 aliphatic rings. The van der Waals surface area contributed by atoms with Crippen LogP contribution in [0, 0.1) is 5.82 Å². The molecule has 2 heterocycles. The van der Waals surface area contributed by atoms with Crippen molar-refractivity contribution in [3.05, 3.63) is 72.0 Å². The van der Waals surface area contributed by atoms with Crippen molar-refractivity contribution in [3.63, 3.8) is 0 Å². The molecule has 0 aliphatic carbocycles. The van der Waals surface area contributed by atoms with E-state index < -0.39 is 0 Å². The lowest BCUT2D eigenvalue weighted by atomic mass is 10.1. The van der Waals surface area contributed by atoms with Crippen molar-refractivity contribution < 1.29 is 13.7 Å². The summed E-state index contributed by atoms with van der Waals surface area (Å²) < 4.78 is 23.9. The highest BCUT2D eigenvalue weighted by molar-refractivity contribution is 5.63. The number of hydrogen-bond acceptors (Lipinski definition) is 6. The van der Waals surface area contributed by atoms with Crippen LogP contribution in [0.5, 0.6) is 5.75 Å². The molecule has 7 nitrogen and oxygen atoms in total. The Hall–Kier alpha value is -3.52. The van der Waals surface area contributed by atoms with Gasteiger partial charge in [-0.3, -0.25) is 10.00 Å². The third-order valence-electron chi connectivity index (χ3n) is 4.98. The molecule has 0 unspecified atom stereocenters. The maximum Gasteiger partial charge on any atom is 0.241 e. The van der Waals surface area contributed by atoms with Gasteiger partial charge in [-0.2, -0.15) is 10.1 Å². The lowest BCUT2D eigenvalue weighted by Crippen LogP contribution is -2.19. The highest BCUT2D eigenvalue weighted by atomic mass is 19.1. The smallest absolute Gasteiger partial charge is 0.241 e. The van der Waals surface area contributed by atoms with Gasteiger partial charge in [0.25, 0.3) is 0 Å². The molecule has 0 aliphatic heterocycles. The average Bonchev–Trinajstić information content (AvgIpc) is 3.44. The molecule has 0 radical (unpaired) electrons. The second-order valence-corrected chi connectivity index (χ2v) is 7.34. The van der Waals surface area contributed by atoms with E-state index in [1.807, 2.05) is 37.4 Å². The van der Waals surface area contributed by atoms with Crippen molar-refractivity contribution in [2.24, 2.45) is 0 Å². The largest absolute Gasteiger partial charge is 0.496 e. The second-order valence-electron chi connectivity index (χ2n) is 7.34. The Morgan fingerprint density at radius 1 is 1.13 bits per heavy atom. The fourth-order valence-corrected chi connectivity index (χ4v) is 3.37. The molecule has 160 valence electrons. The zero-order chi connectivity index (χ0) is 21.6. The summed E-state index contributed by atoms with van der Waals surface area (Å²) in [5.41, 5.74) is 3.56. The van der Waals surface area contributed by atoms with E-state index in [0.29, 0.717) is 24.0 Å². The summed E-state index contributed by atoms with van der Waals surface area (Å²) in [6.07, 6.45) is 1.80. The van der Waals surface area contributed by atoms with Crippen LogP contribution in [0.25, 0.3) is 22.6 Å². The van der Waals surface area contributed by atoms with Crippen LogP contribution in [0.15, 0.2) is 59.1 Å². The molecule has 2 aromatic carbocycles. The highest BCUT2D eigenvalue weighted by Gasteiger charge is 2.14. The predicted molar refractivity (Wildman–Crippen MR) is 115 cm³/mol. The number of aromatic nitrogens is 4. The molecule has 4 rings (SSSR count). The van der Waals surface area contributed by atoms with Crippen LogP contribution in [0.2, 0.25) is 0 Å². The first-order valence-corrected chi connectivity index (χ1v) is 10.1.